The number of halogens is 1. The van der Waals surface area contributed by atoms with E-state index in [1.807, 2.05) is 6.20 Å². The first-order chi connectivity index (χ1) is 9.06. The molecule has 0 aliphatic rings. The lowest BCUT2D eigenvalue weighted by atomic mass is 10.2. The minimum absolute atomic E-state index is 0.0383. The van der Waals surface area contributed by atoms with Crippen molar-refractivity contribution in [2.45, 2.75) is 6.42 Å². The van der Waals surface area contributed by atoms with Crippen LogP contribution < -0.4 is 4.74 Å². The number of hydrogen-bond donors (Lipinski definition) is 1. The summed E-state index contributed by atoms with van der Waals surface area (Å²) in [6.07, 6.45) is 4.11. The molecule has 5 nitrogen and oxygen atoms in total. The fraction of sp³-hybridized carbons (Fsp3) is 0.231. The molecule has 0 aliphatic carbocycles. The Kier molecular flexibility index (Phi) is 3.79. The van der Waals surface area contributed by atoms with Gasteiger partial charge in [0, 0.05) is 25.7 Å². The smallest absolute Gasteiger partial charge is 0.339 e. The number of aromatic carboxylic acids is 1. The molecule has 100 valence electrons. The zero-order valence-corrected chi connectivity index (χ0v) is 10.3. The van der Waals surface area contributed by atoms with E-state index in [9.17, 15) is 9.18 Å². The number of rotatable bonds is 5. The summed E-state index contributed by atoms with van der Waals surface area (Å²) in [4.78, 5) is 11.0. The Morgan fingerprint density at radius 3 is 2.95 bits per heavy atom. The molecule has 0 amide bonds. The predicted molar refractivity (Wildman–Crippen MR) is 65.8 cm³/mol. The number of aromatic nitrogens is 2. The first-order valence-corrected chi connectivity index (χ1v) is 5.69. The normalized spacial score (nSPS) is 10.4. The Labute approximate surface area is 109 Å². The average molecular weight is 264 g/mol. The van der Waals surface area contributed by atoms with Crippen LogP contribution in [0.3, 0.4) is 0 Å². The molecule has 1 aromatic carbocycles. The topological polar surface area (TPSA) is 64.3 Å². The quantitative estimate of drug-likeness (QED) is 0.895. The van der Waals surface area contributed by atoms with Gasteiger partial charge in [0.2, 0.25) is 0 Å². The van der Waals surface area contributed by atoms with Gasteiger partial charge in [-0.15, -0.1) is 0 Å². The molecule has 0 radical (unpaired) electrons. The monoisotopic (exact) mass is 264 g/mol. The second-order valence-corrected chi connectivity index (χ2v) is 4.07. The van der Waals surface area contributed by atoms with Crippen molar-refractivity contribution in [2.75, 3.05) is 6.61 Å². The standard InChI is InChI=1S/C13H13FN2O3/c1-16-8-9(7-15-16)4-5-19-12-6-10(14)2-3-11(12)13(17)18/h2-3,6-8H,4-5H2,1H3,(H,17,18). The summed E-state index contributed by atoms with van der Waals surface area (Å²) in [6.45, 7) is 0.259. The zero-order valence-electron chi connectivity index (χ0n) is 10.3. The maximum atomic E-state index is 13.1. The molecule has 0 unspecified atom stereocenters. The highest BCUT2D eigenvalue weighted by Gasteiger charge is 2.12. The van der Waals surface area contributed by atoms with Gasteiger partial charge in [-0.2, -0.15) is 5.10 Å². The number of hydrogen-bond acceptors (Lipinski definition) is 3. The van der Waals surface area contributed by atoms with E-state index in [-0.39, 0.29) is 17.9 Å². The molecule has 1 heterocycles. The van der Waals surface area contributed by atoms with E-state index >= 15 is 0 Å². The lowest BCUT2D eigenvalue weighted by Gasteiger charge is -2.08. The first kappa shape index (κ1) is 13.1. The van der Waals surface area contributed by atoms with Gasteiger partial charge in [0.15, 0.2) is 0 Å². The van der Waals surface area contributed by atoms with Crippen molar-refractivity contribution in [1.82, 2.24) is 9.78 Å². The van der Waals surface area contributed by atoms with E-state index in [1.165, 1.54) is 6.07 Å². The molecule has 0 atom stereocenters. The van der Waals surface area contributed by atoms with Crippen molar-refractivity contribution in [3.63, 3.8) is 0 Å². The highest BCUT2D eigenvalue weighted by molar-refractivity contribution is 5.90. The van der Waals surface area contributed by atoms with Crippen LogP contribution in [0.25, 0.3) is 0 Å². The van der Waals surface area contributed by atoms with Crippen LogP contribution in [0.1, 0.15) is 15.9 Å². The largest absolute Gasteiger partial charge is 0.492 e. The van der Waals surface area contributed by atoms with Crippen LogP contribution >= 0.6 is 0 Å². The van der Waals surface area contributed by atoms with Crippen LogP contribution in [0.15, 0.2) is 30.6 Å². The van der Waals surface area contributed by atoms with Crippen molar-refractivity contribution in [3.05, 3.63) is 47.5 Å². The molecule has 0 aliphatic heterocycles. The molecule has 6 heteroatoms. The minimum Gasteiger partial charge on any atom is -0.492 e. The Bertz CT molecular complexity index is 595. The van der Waals surface area contributed by atoms with Crippen molar-refractivity contribution in [1.29, 1.82) is 0 Å². The molecule has 1 N–H and O–H groups in total. The fourth-order valence-corrected chi connectivity index (χ4v) is 1.67. The van der Waals surface area contributed by atoms with Gasteiger partial charge in [-0.3, -0.25) is 4.68 Å². The third-order valence-corrected chi connectivity index (χ3v) is 2.58. The van der Waals surface area contributed by atoms with Gasteiger partial charge in [-0.25, -0.2) is 9.18 Å². The average Bonchev–Trinajstić information content (AvgIpc) is 2.75. The Balaban J connectivity index is 2.02. The van der Waals surface area contributed by atoms with Crippen LogP contribution in [-0.4, -0.2) is 27.5 Å². The Hall–Kier alpha value is -2.37. The van der Waals surface area contributed by atoms with E-state index < -0.39 is 11.8 Å². The van der Waals surface area contributed by atoms with Crippen molar-refractivity contribution in [2.24, 2.45) is 7.05 Å². The molecule has 19 heavy (non-hydrogen) atoms. The number of aryl methyl sites for hydroxylation is 1. The molecule has 2 aromatic rings. The lowest BCUT2D eigenvalue weighted by Crippen LogP contribution is -2.06. The number of nitrogens with zero attached hydrogens (tertiary/aromatic N) is 2. The zero-order chi connectivity index (χ0) is 13.8. The van der Waals surface area contributed by atoms with Gasteiger partial charge >= 0.3 is 5.97 Å². The van der Waals surface area contributed by atoms with Crippen molar-refractivity contribution in [3.8, 4) is 5.75 Å². The van der Waals surface area contributed by atoms with E-state index in [1.54, 1.807) is 17.9 Å². The van der Waals surface area contributed by atoms with Gasteiger partial charge in [0.25, 0.3) is 0 Å². The molecular formula is C13H13FN2O3. The molecule has 0 spiro atoms. The van der Waals surface area contributed by atoms with E-state index in [0.29, 0.717) is 6.42 Å². The summed E-state index contributed by atoms with van der Waals surface area (Å²) < 4.78 is 20.1. The molecule has 0 saturated carbocycles. The number of benzene rings is 1. The van der Waals surface area contributed by atoms with E-state index in [4.69, 9.17) is 9.84 Å². The number of carboxylic acid groups (broad SMARTS) is 1. The van der Waals surface area contributed by atoms with Crippen LogP contribution in [0.2, 0.25) is 0 Å². The third kappa shape index (κ3) is 3.31. The van der Waals surface area contributed by atoms with Gasteiger partial charge in [-0.1, -0.05) is 0 Å². The van der Waals surface area contributed by atoms with Crippen LogP contribution in [0.4, 0.5) is 4.39 Å². The molecular weight excluding hydrogens is 251 g/mol. The van der Waals surface area contributed by atoms with E-state index in [2.05, 4.69) is 5.10 Å². The van der Waals surface area contributed by atoms with Gasteiger partial charge < -0.3 is 9.84 Å². The van der Waals surface area contributed by atoms with Crippen molar-refractivity contribution >= 4 is 5.97 Å². The summed E-state index contributed by atoms with van der Waals surface area (Å²) in [5.41, 5.74) is 0.920. The Morgan fingerprint density at radius 1 is 1.53 bits per heavy atom. The summed E-state index contributed by atoms with van der Waals surface area (Å²) in [5.74, 6) is -1.63. The summed E-state index contributed by atoms with van der Waals surface area (Å²) >= 11 is 0. The summed E-state index contributed by atoms with van der Waals surface area (Å²) in [7, 11) is 1.81. The fourth-order valence-electron chi connectivity index (χ4n) is 1.67. The van der Waals surface area contributed by atoms with E-state index in [0.717, 1.165) is 17.7 Å². The van der Waals surface area contributed by atoms with Crippen molar-refractivity contribution < 1.29 is 19.0 Å². The number of carboxylic acids is 1. The highest BCUT2D eigenvalue weighted by Crippen LogP contribution is 2.20. The summed E-state index contributed by atoms with van der Waals surface area (Å²) in [6, 6.07) is 3.36. The third-order valence-electron chi connectivity index (χ3n) is 2.58. The lowest BCUT2D eigenvalue weighted by molar-refractivity contribution is 0.0692. The van der Waals surface area contributed by atoms with Gasteiger partial charge in [0.05, 0.1) is 12.8 Å². The number of ether oxygens (including phenoxy) is 1. The number of carbonyl (C=O) groups is 1. The highest BCUT2D eigenvalue weighted by atomic mass is 19.1. The molecule has 0 fully saturated rings. The molecule has 1 aromatic heterocycles. The molecule has 0 bridgehead atoms. The maximum absolute atomic E-state index is 13.1. The van der Waals surface area contributed by atoms with Crippen LogP contribution in [-0.2, 0) is 13.5 Å². The first-order valence-electron chi connectivity index (χ1n) is 5.69. The second kappa shape index (κ2) is 5.51. The molecule has 2 rings (SSSR count). The van der Waals surface area contributed by atoms with Crippen LogP contribution in [0, 0.1) is 5.82 Å². The second-order valence-electron chi connectivity index (χ2n) is 4.07. The SMILES string of the molecule is Cn1cc(CCOc2cc(F)ccc2C(=O)O)cn1. The van der Waals surface area contributed by atoms with Crippen LogP contribution in [0.5, 0.6) is 5.75 Å². The summed E-state index contributed by atoms with van der Waals surface area (Å²) in [5, 5.41) is 13.0. The molecule has 0 saturated heterocycles. The maximum Gasteiger partial charge on any atom is 0.339 e. The predicted octanol–water partition coefficient (Wildman–Crippen LogP) is 1.88. The minimum atomic E-state index is -1.14. The van der Waals surface area contributed by atoms with Gasteiger partial charge in [0.1, 0.15) is 17.1 Å². The van der Waals surface area contributed by atoms with Gasteiger partial charge in [-0.05, 0) is 17.7 Å². The Morgan fingerprint density at radius 2 is 2.32 bits per heavy atom.